The highest BCUT2D eigenvalue weighted by Gasteiger charge is 2.07. The Kier molecular flexibility index (Phi) is 3.31. The summed E-state index contributed by atoms with van der Waals surface area (Å²) in [6.07, 6.45) is 0. The zero-order chi connectivity index (χ0) is 13.2. The molecule has 0 amide bonds. The molecule has 0 atom stereocenters. The van der Waals surface area contributed by atoms with Gasteiger partial charge in [-0.25, -0.2) is 4.98 Å². The summed E-state index contributed by atoms with van der Waals surface area (Å²) in [7, 11) is 0. The van der Waals surface area contributed by atoms with Gasteiger partial charge in [0, 0.05) is 0 Å². The van der Waals surface area contributed by atoms with Crippen LogP contribution in [0.15, 0.2) is 18.2 Å². The van der Waals surface area contributed by atoms with Crippen molar-refractivity contribution >= 4 is 43.2 Å². The molecule has 1 aromatic carbocycles. The van der Waals surface area contributed by atoms with Crippen LogP contribution in [0.5, 0.6) is 5.75 Å². The van der Waals surface area contributed by atoms with Gasteiger partial charge in [0.15, 0.2) is 5.13 Å². The number of hydrogen-bond donors (Lipinski definition) is 1. The van der Waals surface area contributed by atoms with Crippen LogP contribution in [0.4, 0.5) is 10.3 Å². The molecule has 0 aliphatic rings. The highest BCUT2D eigenvalue weighted by Crippen LogP contribution is 2.31. The largest absolute Gasteiger partial charge is 0.494 e. The van der Waals surface area contributed by atoms with Crippen molar-refractivity contribution in [3.05, 3.63) is 23.2 Å². The van der Waals surface area contributed by atoms with Gasteiger partial charge in [-0.2, -0.15) is 0 Å². The molecular formula is C12H12N4OS2. The fourth-order valence-corrected chi connectivity index (χ4v) is 3.20. The first-order valence-corrected chi connectivity index (χ1v) is 7.48. The zero-order valence-electron chi connectivity index (χ0n) is 10.5. The third-order valence-electron chi connectivity index (χ3n) is 2.41. The second-order valence-electron chi connectivity index (χ2n) is 3.83. The maximum absolute atomic E-state index is 5.48. The van der Waals surface area contributed by atoms with Gasteiger partial charge in [0.05, 0.1) is 16.8 Å². The minimum atomic E-state index is 0.666. The molecule has 1 N–H and O–H groups in total. The average Bonchev–Trinajstić information content (AvgIpc) is 2.95. The van der Waals surface area contributed by atoms with Crippen LogP contribution in [0, 0.1) is 6.92 Å². The lowest BCUT2D eigenvalue weighted by atomic mass is 10.3. The maximum atomic E-state index is 5.48. The molecule has 2 aromatic heterocycles. The van der Waals surface area contributed by atoms with Crippen molar-refractivity contribution in [2.45, 2.75) is 13.8 Å². The van der Waals surface area contributed by atoms with Gasteiger partial charge in [-0.05, 0) is 32.0 Å². The van der Waals surface area contributed by atoms with Gasteiger partial charge in [-0.1, -0.05) is 22.7 Å². The van der Waals surface area contributed by atoms with Crippen molar-refractivity contribution in [2.75, 3.05) is 11.9 Å². The molecule has 0 bridgehead atoms. The number of rotatable bonds is 4. The summed E-state index contributed by atoms with van der Waals surface area (Å²) in [5.41, 5.74) is 0.956. The number of thiazole rings is 1. The number of fused-ring (bicyclic) bond motifs is 1. The fraction of sp³-hybridized carbons (Fsp3) is 0.250. The van der Waals surface area contributed by atoms with Crippen molar-refractivity contribution in [1.29, 1.82) is 0 Å². The number of aromatic nitrogens is 3. The third-order valence-corrected chi connectivity index (χ3v) is 4.10. The molecule has 0 radical (unpaired) electrons. The lowest BCUT2D eigenvalue weighted by Crippen LogP contribution is -1.90. The number of hydrogen-bond acceptors (Lipinski definition) is 7. The molecule has 0 saturated heterocycles. The molecule has 0 aliphatic carbocycles. The average molecular weight is 292 g/mol. The Labute approximate surface area is 118 Å². The van der Waals surface area contributed by atoms with Crippen LogP contribution in [0.3, 0.4) is 0 Å². The van der Waals surface area contributed by atoms with Crippen LogP contribution < -0.4 is 10.1 Å². The minimum absolute atomic E-state index is 0.666. The SMILES string of the molecule is CCOc1ccc2nc(Nc3nnc(C)s3)sc2c1. The van der Waals surface area contributed by atoms with Crippen molar-refractivity contribution in [2.24, 2.45) is 0 Å². The summed E-state index contributed by atoms with van der Waals surface area (Å²) in [4.78, 5) is 4.51. The van der Waals surface area contributed by atoms with E-state index in [1.165, 1.54) is 11.3 Å². The molecule has 19 heavy (non-hydrogen) atoms. The van der Waals surface area contributed by atoms with E-state index in [-0.39, 0.29) is 0 Å². The first-order valence-electron chi connectivity index (χ1n) is 5.85. The van der Waals surface area contributed by atoms with Crippen LogP contribution >= 0.6 is 22.7 Å². The Balaban J connectivity index is 1.88. The normalized spacial score (nSPS) is 10.8. The van der Waals surface area contributed by atoms with Crippen LogP contribution in [-0.2, 0) is 0 Å². The quantitative estimate of drug-likeness (QED) is 0.796. The number of aryl methyl sites for hydroxylation is 1. The van der Waals surface area contributed by atoms with Crippen LogP contribution in [0.1, 0.15) is 11.9 Å². The van der Waals surface area contributed by atoms with Gasteiger partial charge in [0.1, 0.15) is 10.8 Å². The summed E-state index contributed by atoms with van der Waals surface area (Å²) in [5.74, 6) is 0.872. The first-order chi connectivity index (χ1) is 9.24. The van der Waals surface area contributed by atoms with Crippen LogP contribution in [0.25, 0.3) is 10.2 Å². The van der Waals surface area contributed by atoms with E-state index in [2.05, 4.69) is 20.5 Å². The lowest BCUT2D eigenvalue weighted by molar-refractivity contribution is 0.341. The van der Waals surface area contributed by atoms with E-state index in [9.17, 15) is 0 Å². The van der Waals surface area contributed by atoms with E-state index < -0.39 is 0 Å². The van der Waals surface area contributed by atoms with E-state index >= 15 is 0 Å². The van der Waals surface area contributed by atoms with Crippen molar-refractivity contribution < 1.29 is 4.74 Å². The second kappa shape index (κ2) is 5.10. The van der Waals surface area contributed by atoms with Gasteiger partial charge >= 0.3 is 0 Å². The smallest absolute Gasteiger partial charge is 0.211 e. The number of nitrogens with one attached hydrogen (secondary N) is 1. The highest BCUT2D eigenvalue weighted by atomic mass is 32.1. The van der Waals surface area contributed by atoms with Gasteiger partial charge in [-0.3, -0.25) is 0 Å². The Morgan fingerprint density at radius 3 is 2.84 bits per heavy atom. The van der Waals surface area contributed by atoms with E-state index in [4.69, 9.17) is 4.74 Å². The summed E-state index contributed by atoms with van der Waals surface area (Å²) in [6, 6.07) is 5.91. The lowest BCUT2D eigenvalue weighted by Gasteiger charge is -2.00. The molecule has 98 valence electrons. The summed E-state index contributed by atoms with van der Waals surface area (Å²) in [5, 5.41) is 13.7. The topological polar surface area (TPSA) is 59.9 Å². The van der Waals surface area contributed by atoms with Gasteiger partial charge < -0.3 is 10.1 Å². The van der Waals surface area contributed by atoms with Gasteiger partial charge in [0.2, 0.25) is 5.13 Å². The Morgan fingerprint density at radius 1 is 1.21 bits per heavy atom. The van der Waals surface area contributed by atoms with E-state index in [0.717, 1.165) is 31.2 Å². The summed E-state index contributed by atoms with van der Waals surface area (Å²) >= 11 is 3.09. The molecule has 0 aliphatic heterocycles. The maximum Gasteiger partial charge on any atom is 0.211 e. The van der Waals surface area contributed by atoms with Crippen molar-refractivity contribution in [3.63, 3.8) is 0 Å². The van der Waals surface area contributed by atoms with Crippen molar-refractivity contribution in [3.8, 4) is 5.75 Å². The molecule has 7 heteroatoms. The van der Waals surface area contributed by atoms with Gasteiger partial charge in [-0.15, -0.1) is 10.2 Å². The molecule has 0 unspecified atom stereocenters. The number of benzene rings is 1. The van der Waals surface area contributed by atoms with Crippen LogP contribution in [-0.4, -0.2) is 21.8 Å². The molecule has 3 rings (SSSR count). The first kappa shape index (κ1) is 12.3. The van der Waals surface area contributed by atoms with Crippen LogP contribution in [0.2, 0.25) is 0 Å². The van der Waals surface area contributed by atoms with E-state index in [1.807, 2.05) is 32.0 Å². The van der Waals surface area contributed by atoms with E-state index in [0.29, 0.717) is 6.61 Å². The van der Waals surface area contributed by atoms with E-state index in [1.54, 1.807) is 11.3 Å². The summed E-state index contributed by atoms with van der Waals surface area (Å²) < 4.78 is 6.58. The standard InChI is InChI=1S/C12H12N4OS2/c1-3-17-8-4-5-9-10(6-8)19-11(13-9)14-12-16-15-7(2)18-12/h4-6H,3H2,1-2H3,(H,13,14,16). The monoisotopic (exact) mass is 292 g/mol. The third kappa shape index (κ3) is 2.66. The Bertz CT molecular complexity index is 707. The van der Waals surface area contributed by atoms with Crippen molar-refractivity contribution in [1.82, 2.24) is 15.2 Å². The predicted octanol–water partition coefficient (Wildman–Crippen LogP) is 3.60. The number of anilines is 2. The zero-order valence-corrected chi connectivity index (χ0v) is 12.1. The predicted molar refractivity (Wildman–Crippen MR) is 78.7 cm³/mol. The molecule has 2 heterocycles. The Hall–Kier alpha value is -1.73. The number of ether oxygens (including phenoxy) is 1. The summed E-state index contributed by atoms with van der Waals surface area (Å²) in [6.45, 7) is 4.57. The Morgan fingerprint density at radius 2 is 2.11 bits per heavy atom. The second-order valence-corrected chi connectivity index (χ2v) is 6.05. The fourth-order valence-electron chi connectivity index (χ4n) is 1.65. The molecule has 5 nitrogen and oxygen atoms in total. The molecule has 0 spiro atoms. The minimum Gasteiger partial charge on any atom is -0.494 e. The number of nitrogens with zero attached hydrogens (tertiary/aromatic N) is 3. The molecular weight excluding hydrogens is 280 g/mol. The van der Waals surface area contributed by atoms with Gasteiger partial charge in [0.25, 0.3) is 0 Å². The molecule has 0 fully saturated rings. The molecule has 0 saturated carbocycles. The highest BCUT2D eigenvalue weighted by molar-refractivity contribution is 7.22. The molecule has 3 aromatic rings.